The highest BCUT2D eigenvalue weighted by Crippen LogP contribution is 2.28. The Hall–Kier alpha value is -0.980. The number of ether oxygens (including phenoxy) is 2. The summed E-state index contributed by atoms with van der Waals surface area (Å²) in [5.41, 5.74) is 1.18. The zero-order valence-electron chi connectivity index (χ0n) is 10.9. The van der Waals surface area contributed by atoms with E-state index in [1.54, 1.807) is 14.0 Å². The normalized spacial score (nSPS) is 23.3. The molecule has 6 heteroatoms. The average Bonchev–Trinajstić information content (AvgIpc) is 2.94. The van der Waals surface area contributed by atoms with Crippen LogP contribution in [-0.2, 0) is 9.47 Å². The van der Waals surface area contributed by atoms with Gasteiger partial charge in [-0.3, -0.25) is 4.79 Å². The lowest BCUT2D eigenvalue weighted by Gasteiger charge is -2.26. The number of anilines is 1. The first kappa shape index (κ1) is 13.5. The van der Waals surface area contributed by atoms with Gasteiger partial charge in [0.1, 0.15) is 10.6 Å². The first-order chi connectivity index (χ1) is 8.58. The fourth-order valence-electron chi connectivity index (χ4n) is 2.11. The van der Waals surface area contributed by atoms with Crippen molar-refractivity contribution in [3.05, 3.63) is 11.3 Å². The van der Waals surface area contributed by atoms with Crippen molar-refractivity contribution < 1.29 is 14.3 Å². The third-order valence-corrected chi connectivity index (χ3v) is 4.18. The van der Waals surface area contributed by atoms with E-state index >= 15 is 0 Å². The molecular weight excluding hydrogens is 252 g/mol. The van der Waals surface area contributed by atoms with Gasteiger partial charge in [0.05, 0.1) is 17.9 Å². The maximum atomic E-state index is 11.6. The number of hydrogen-bond donors (Lipinski definition) is 1. The number of aromatic nitrogens is 1. The molecule has 1 aromatic rings. The topological polar surface area (TPSA) is 60.5 Å². The number of rotatable bonds is 5. The van der Waals surface area contributed by atoms with Crippen LogP contribution in [0.15, 0.2) is 0 Å². The highest BCUT2D eigenvalue weighted by atomic mass is 32.1. The molecule has 18 heavy (non-hydrogen) atoms. The third-order valence-electron chi connectivity index (χ3n) is 3.29. The maximum absolute atomic E-state index is 11.6. The Bertz CT molecular complexity index is 439. The Morgan fingerprint density at radius 2 is 2.44 bits per heavy atom. The Labute approximate surface area is 111 Å². The molecule has 0 bridgehead atoms. The SMILES string of the molecule is COC1(CNc2snc(C)c2C(C)=O)CCOC1. The summed E-state index contributed by atoms with van der Waals surface area (Å²) in [6.45, 7) is 5.35. The highest BCUT2D eigenvalue weighted by Gasteiger charge is 2.35. The molecule has 1 atom stereocenters. The quantitative estimate of drug-likeness (QED) is 0.828. The molecule has 0 radical (unpaired) electrons. The Morgan fingerprint density at radius 1 is 1.67 bits per heavy atom. The molecule has 2 rings (SSSR count). The van der Waals surface area contributed by atoms with E-state index in [2.05, 4.69) is 9.69 Å². The molecule has 1 N–H and O–H groups in total. The van der Waals surface area contributed by atoms with E-state index in [0.717, 1.165) is 23.7 Å². The molecule has 1 saturated heterocycles. The number of carbonyl (C=O) groups excluding carboxylic acids is 1. The van der Waals surface area contributed by atoms with Crippen LogP contribution < -0.4 is 5.32 Å². The summed E-state index contributed by atoms with van der Waals surface area (Å²) in [5, 5.41) is 4.10. The average molecular weight is 270 g/mol. The molecule has 1 fully saturated rings. The van der Waals surface area contributed by atoms with E-state index in [4.69, 9.17) is 9.47 Å². The second-order valence-electron chi connectivity index (χ2n) is 4.57. The smallest absolute Gasteiger partial charge is 0.164 e. The molecule has 5 nitrogen and oxygen atoms in total. The minimum Gasteiger partial charge on any atom is -0.378 e. The Morgan fingerprint density at radius 3 is 3.00 bits per heavy atom. The van der Waals surface area contributed by atoms with E-state index in [0.29, 0.717) is 18.7 Å². The Kier molecular flexibility index (Phi) is 3.99. The lowest BCUT2D eigenvalue weighted by atomic mass is 10.0. The van der Waals surface area contributed by atoms with Crippen molar-refractivity contribution in [1.29, 1.82) is 0 Å². The van der Waals surface area contributed by atoms with Gasteiger partial charge in [0.25, 0.3) is 0 Å². The van der Waals surface area contributed by atoms with E-state index in [9.17, 15) is 4.79 Å². The minimum absolute atomic E-state index is 0.0397. The molecule has 0 aromatic carbocycles. The number of nitrogens with zero attached hydrogens (tertiary/aromatic N) is 1. The molecule has 2 heterocycles. The second kappa shape index (κ2) is 5.34. The van der Waals surface area contributed by atoms with E-state index < -0.39 is 0 Å². The third kappa shape index (κ3) is 2.55. The van der Waals surface area contributed by atoms with Crippen molar-refractivity contribution in [2.24, 2.45) is 0 Å². The summed E-state index contributed by atoms with van der Waals surface area (Å²) in [6.07, 6.45) is 0.865. The minimum atomic E-state index is -0.286. The van der Waals surface area contributed by atoms with Gasteiger partial charge in [-0.2, -0.15) is 4.37 Å². The van der Waals surface area contributed by atoms with Crippen LogP contribution in [0.3, 0.4) is 0 Å². The van der Waals surface area contributed by atoms with Crippen LogP contribution in [0.1, 0.15) is 29.4 Å². The van der Waals surface area contributed by atoms with Crippen LogP contribution in [-0.4, -0.2) is 42.6 Å². The molecular formula is C12H18N2O3S. The number of ketones is 1. The zero-order chi connectivity index (χ0) is 13.2. The van der Waals surface area contributed by atoms with Crippen molar-refractivity contribution in [2.45, 2.75) is 25.9 Å². The van der Waals surface area contributed by atoms with Gasteiger partial charge >= 0.3 is 0 Å². The first-order valence-electron chi connectivity index (χ1n) is 5.92. The van der Waals surface area contributed by atoms with Gasteiger partial charge in [-0.1, -0.05) is 0 Å². The van der Waals surface area contributed by atoms with Crippen LogP contribution in [0, 0.1) is 6.92 Å². The number of hydrogen-bond acceptors (Lipinski definition) is 6. The van der Waals surface area contributed by atoms with E-state index in [-0.39, 0.29) is 11.4 Å². The van der Waals surface area contributed by atoms with Crippen LogP contribution in [0.5, 0.6) is 0 Å². The predicted octanol–water partition coefficient (Wildman–Crippen LogP) is 1.87. The zero-order valence-corrected chi connectivity index (χ0v) is 11.7. The van der Waals surface area contributed by atoms with Crippen LogP contribution in [0.25, 0.3) is 0 Å². The van der Waals surface area contributed by atoms with Gasteiger partial charge in [0.15, 0.2) is 5.78 Å². The highest BCUT2D eigenvalue weighted by molar-refractivity contribution is 7.10. The van der Waals surface area contributed by atoms with Crippen molar-refractivity contribution in [3.63, 3.8) is 0 Å². The molecule has 0 amide bonds. The molecule has 100 valence electrons. The van der Waals surface area contributed by atoms with E-state index in [1.807, 2.05) is 6.92 Å². The lowest BCUT2D eigenvalue weighted by molar-refractivity contribution is -0.00616. The van der Waals surface area contributed by atoms with Gasteiger partial charge in [0.2, 0.25) is 0 Å². The fourth-order valence-corrected chi connectivity index (χ4v) is 2.95. The number of aryl methyl sites for hydroxylation is 1. The summed E-state index contributed by atoms with van der Waals surface area (Å²) in [4.78, 5) is 11.6. The molecule has 1 aromatic heterocycles. The van der Waals surface area contributed by atoms with Gasteiger partial charge in [-0.25, -0.2) is 0 Å². The number of methoxy groups -OCH3 is 1. The van der Waals surface area contributed by atoms with Gasteiger partial charge in [-0.15, -0.1) is 0 Å². The summed E-state index contributed by atoms with van der Waals surface area (Å²) >= 11 is 1.32. The largest absolute Gasteiger partial charge is 0.378 e. The fraction of sp³-hybridized carbons (Fsp3) is 0.667. The molecule has 1 aliphatic rings. The maximum Gasteiger partial charge on any atom is 0.164 e. The van der Waals surface area contributed by atoms with Gasteiger partial charge in [0, 0.05) is 26.7 Å². The number of carbonyl (C=O) groups is 1. The molecule has 0 spiro atoms. The van der Waals surface area contributed by atoms with Crippen LogP contribution >= 0.6 is 11.5 Å². The van der Waals surface area contributed by atoms with Crippen LogP contribution in [0.4, 0.5) is 5.00 Å². The summed E-state index contributed by atoms with van der Waals surface area (Å²) in [7, 11) is 1.69. The number of nitrogens with one attached hydrogen (secondary N) is 1. The van der Waals surface area contributed by atoms with Crippen molar-refractivity contribution in [1.82, 2.24) is 4.37 Å². The standard InChI is InChI=1S/C12H18N2O3S/c1-8-10(9(2)15)11(18-14-8)13-6-12(16-3)4-5-17-7-12/h13H,4-7H2,1-3H3. The monoisotopic (exact) mass is 270 g/mol. The molecule has 0 saturated carbocycles. The van der Waals surface area contributed by atoms with Crippen molar-refractivity contribution in [3.8, 4) is 0 Å². The summed E-state index contributed by atoms with van der Waals surface area (Å²) in [6, 6.07) is 0. The molecule has 1 unspecified atom stereocenters. The molecule has 0 aliphatic carbocycles. The summed E-state index contributed by atoms with van der Waals surface area (Å²) in [5.74, 6) is 0.0397. The lowest BCUT2D eigenvalue weighted by Crippen LogP contribution is -2.39. The molecule has 1 aliphatic heterocycles. The number of Topliss-reactive ketones (excluding diaryl/α,β-unsaturated/α-hetero) is 1. The van der Waals surface area contributed by atoms with Gasteiger partial charge in [-0.05, 0) is 25.4 Å². The van der Waals surface area contributed by atoms with Crippen molar-refractivity contribution in [2.75, 3.05) is 32.2 Å². The van der Waals surface area contributed by atoms with E-state index in [1.165, 1.54) is 11.5 Å². The predicted molar refractivity (Wildman–Crippen MR) is 70.5 cm³/mol. The van der Waals surface area contributed by atoms with Crippen molar-refractivity contribution >= 4 is 22.3 Å². The van der Waals surface area contributed by atoms with Gasteiger partial charge < -0.3 is 14.8 Å². The Balaban J connectivity index is 2.08. The van der Waals surface area contributed by atoms with Crippen LogP contribution in [0.2, 0.25) is 0 Å². The summed E-state index contributed by atoms with van der Waals surface area (Å²) < 4.78 is 15.1. The second-order valence-corrected chi connectivity index (χ2v) is 5.34. The first-order valence-corrected chi connectivity index (χ1v) is 6.69.